The van der Waals surface area contributed by atoms with Crippen LogP contribution >= 0.6 is 0 Å². The SMILES string of the molecule is CC[C@H](C)NS(=O)(=O)c1ccc(C)c(C(=O)N2CCCC2)c1. The Hall–Kier alpha value is -1.40. The predicted octanol–water partition coefficient (Wildman–Crippen LogP) is 2.31. The van der Waals surface area contributed by atoms with Crippen LogP contribution in [0.15, 0.2) is 23.1 Å². The second kappa shape index (κ2) is 6.79. The summed E-state index contributed by atoms with van der Waals surface area (Å²) < 4.78 is 27.4. The molecule has 1 aliphatic heterocycles. The minimum absolute atomic E-state index is 0.0735. The minimum Gasteiger partial charge on any atom is -0.339 e. The van der Waals surface area contributed by atoms with Crippen molar-refractivity contribution in [3.63, 3.8) is 0 Å². The molecule has 1 atom stereocenters. The van der Waals surface area contributed by atoms with Gasteiger partial charge in [-0.3, -0.25) is 4.79 Å². The van der Waals surface area contributed by atoms with Crippen LogP contribution in [0.2, 0.25) is 0 Å². The first kappa shape index (κ1) is 17.0. The topological polar surface area (TPSA) is 66.5 Å². The van der Waals surface area contributed by atoms with E-state index in [1.165, 1.54) is 6.07 Å². The number of aryl methyl sites for hydroxylation is 1. The van der Waals surface area contributed by atoms with Gasteiger partial charge in [0.1, 0.15) is 0 Å². The van der Waals surface area contributed by atoms with Gasteiger partial charge in [0, 0.05) is 24.7 Å². The van der Waals surface area contributed by atoms with E-state index < -0.39 is 10.0 Å². The van der Waals surface area contributed by atoms with Crippen LogP contribution in [0.25, 0.3) is 0 Å². The number of carbonyl (C=O) groups is 1. The molecule has 0 radical (unpaired) electrons. The quantitative estimate of drug-likeness (QED) is 0.904. The van der Waals surface area contributed by atoms with Crippen LogP contribution in [-0.4, -0.2) is 38.4 Å². The average molecular weight is 324 g/mol. The number of hydrogen-bond acceptors (Lipinski definition) is 3. The van der Waals surface area contributed by atoms with Gasteiger partial charge in [-0.05, 0) is 50.8 Å². The first-order valence-electron chi connectivity index (χ1n) is 7.77. The fourth-order valence-electron chi connectivity index (χ4n) is 2.51. The van der Waals surface area contributed by atoms with Gasteiger partial charge >= 0.3 is 0 Å². The molecule has 1 aromatic rings. The van der Waals surface area contributed by atoms with Crippen molar-refractivity contribution in [1.82, 2.24) is 9.62 Å². The Morgan fingerprint density at radius 1 is 1.32 bits per heavy atom. The highest BCUT2D eigenvalue weighted by Gasteiger charge is 2.24. The van der Waals surface area contributed by atoms with Crippen molar-refractivity contribution >= 4 is 15.9 Å². The Morgan fingerprint density at radius 2 is 1.95 bits per heavy atom. The van der Waals surface area contributed by atoms with Gasteiger partial charge in [0.2, 0.25) is 10.0 Å². The molecule has 5 nitrogen and oxygen atoms in total. The molecular formula is C16H24N2O3S. The summed E-state index contributed by atoms with van der Waals surface area (Å²) in [5.74, 6) is -0.0735. The monoisotopic (exact) mass is 324 g/mol. The molecule has 1 N–H and O–H groups in total. The molecule has 1 saturated heterocycles. The molecule has 6 heteroatoms. The lowest BCUT2D eigenvalue weighted by Crippen LogP contribution is -2.32. The Morgan fingerprint density at radius 3 is 2.55 bits per heavy atom. The van der Waals surface area contributed by atoms with Crippen molar-refractivity contribution < 1.29 is 13.2 Å². The van der Waals surface area contributed by atoms with E-state index >= 15 is 0 Å². The maximum Gasteiger partial charge on any atom is 0.254 e. The summed E-state index contributed by atoms with van der Waals surface area (Å²) >= 11 is 0. The number of hydrogen-bond donors (Lipinski definition) is 1. The van der Waals surface area contributed by atoms with Crippen molar-refractivity contribution in [2.75, 3.05) is 13.1 Å². The van der Waals surface area contributed by atoms with Gasteiger partial charge in [0.05, 0.1) is 4.90 Å². The Kier molecular flexibility index (Phi) is 5.24. The Balaban J connectivity index is 2.32. The van der Waals surface area contributed by atoms with Crippen LogP contribution in [-0.2, 0) is 10.0 Å². The van der Waals surface area contributed by atoms with E-state index in [1.54, 1.807) is 17.0 Å². The van der Waals surface area contributed by atoms with Crippen LogP contribution in [0.5, 0.6) is 0 Å². The van der Waals surface area contributed by atoms with Crippen molar-refractivity contribution in [3.8, 4) is 0 Å². The number of benzene rings is 1. The summed E-state index contributed by atoms with van der Waals surface area (Å²) in [5, 5.41) is 0. The largest absolute Gasteiger partial charge is 0.339 e. The lowest BCUT2D eigenvalue weighted by molar-refractivity contribution is 0.0792. The molecule has 1 fully saturated rings. The molecule has 0 saturated carbocycles. The molecule has 0 unspecified atom stereocenters. The first-order valence-corrected chi connectivity index (χ1v) is 9.25. The van der Waals surface area contributed by atoms with Gasteiger partial charge in [0.15, 0.2) is 0 Å². The highest BCUT2D eigenvalue weighted by atomic mass is 32.2. The Labute approximate surface area is 132 Å². The summed E-state index contributed by atoms with van der Waals surface area (Å²) in [7, 11) is -3.59. The second-order valence-corrected chi connectivity index (χ2v) is 7.62. The average Bonchev–Trinajstić information content (AvgIpc) is 3.00. The van der Waals surface area contributed by atoms with Gasteiger partial charge in [-0.2, -0.15) is 0 Å². The zero-order chi connectivity index (χ0) is 16.3. The smallest absolute Gasteiger partial charge is 0.254 e. The third-order valence-electron chi connectivity index (χ3n) is 4.11. The molecule has 0 bridgehead atoms. The molecule has 22 heavy (non-hydrogen) atoms. The molecule has 1 heterocycles. The number of nitrogens with zero attached hydrogens (tertiary/aromatic N) is 1. The van der Waals surface area contributed by atoms with E-state index in [-0.39, 0.29) is 16.8 Å². The van der Waals surface area contributed by atoms with Gasteiger partial charge < -0.3 is 4.90 Å². The maximum atomic E-state index is 12.5. The third-order valence-corrected chi connectivity index (χ3v) is 5.70. The van der Waals surface area contributed by atoms with Gasteiger partial charge in [-0.15, -0.1) is 0 Å². The van der Waals surface area contributed by atoms with Gasteiger partial charge in [-0.1, -0.05) is 13.0 Å². The van der Waals surface area contributed by atoms with E-state index in [4.69, 9.17) is 0 Å². The molecule has 1 aliphatic rings. The van der Waals surface area contributed by atoms with Crippen molar-refractivity contribution in [2.45, 2.75) is 51.0 Å². The number of carbonyl (C=O) groups excluding carboxylic acids is 1. The number of sulfonamides is 1. The molecule has 1 aromatic carbocycles. The van der Waals surface area contributed by atoms with E-state index in [0.29, 0.717) is 12.0 Å². The highest BCUT2D eigenvalue weighted by molar-refractivity contribution is 7.89. The van der Waals surface area contributed by atoms with Crippen molar-refractivity contribution in [3.05, 3.63) is 29.3 Å². The van der Waals surface area contributed by atoms with Crippen LogP contribution in [0.4, 0.5) is 0 Å². The summed E-state index contributed by atoms with van der Waals surface area (Å²) in [5.41, 5.74) is 1.29. The zero-order valence-corrected chi connectivity index (χ0v) is 14.2. The number of nitrogens with one attached hydrogen (secondary N) is 1. The van der Waals surface area contributed by atoms with E-state index in [9.17, 15) is 13.2 Å². The summed E-state index contributed by atoms with van der Waals surface area (Å²) in [6.45, 7) is 7.08. The third kappa shape index (κ3) is 3.67. The van der Waals surface area contributed by atoms with Crippen molar-refractivity contribution in [1.29, 1.82) is 0 Å². The van der Waals surface area contributed by atoms with E-state index in [2.05, 4.69) is 4.72 Å². The van der Waals surface area contributed by atoms with Crippen LogP contribution in [0, 0.1) is 6.92 Å². The second-order valence-electron chi connectivity index (χ2n) is 5.91. The predicted molar refractivity (Wildman–Crippen MR) is 86.4 cm³/mol. The lowest BCUT2D eigenvalue weighted by Gasteiger charge is -2.18. The van der Waals surface area contributed by atoms with Gasteiger partial charge in [0.25, 0.3) is 5.91 Å². The van der Waals surface area contributed by atoms with E-state index in [0.717, 1.165) is 31.5 Å². The standard InChI is InChI=1S/C16H24N2O3S/c1-4-13(3)17-22(20,21)14-8-7-12(2)15(11-14)16(19)18-9-5-6-10-18/h7-8,11,13,17H,4-6,9-10H2,1-3H3/t13-/m0/s1. The maximum absolute atomic E-state index is 12.5. The number of amides is 1. The number of rotatable bonds is 5. The molecule has 1 amide bonds. The van der Waals surface area contributed by atoms with E-state index in [1.807, 2.05) is 20.8 Å². The first-order chi connectivity index (χ1) is 10.3. The summed E-state index contributed by atoms with van der Waals surface area (Å²) in [6, 6.07) is 4.62. The lowest BCUT2D eigenvalue weighted by atomic mass is 10.1. The van der Waals surface area contributed by atoms with Crippen LogP contribution < -0.4 is 4.72 Å². The highest BCUT2D eigenvalue weighted by Crippen LogP contribution is 2.20. The minimum atomic E-state index is -3.59. The van der Waals surface area contributed by atoms with Crippen molar-refractivity contribution in [2.24, 2.45) is 0 Å². The van der Waals surface area contributed by atoms with Gasteiger partial charge in [-0.25, -0.2) is 13.1 Å². The molecule has 0 aromatic heterocycles. The molecule has 0 aliphatic carbocycles. The summed E-state index contributed by atoms with van der Waals surface area (Å²) in [6.07, 6.45) is 2.74. The number of likely N-dealkylation sites (tertiary alicyclic amines) is 1. The summed E-state index contributed by atoms with van der Waals surface area (Å²) in [4.78, 5) is 14.5. The van der Waals surface area contributed by atoms with Crippen LogP contribution in [0.3, 0.4) is 0 Å². The molecule has 122 valence electrons. The Bertz CT molecular complexity index is 649. The molecule has 0 spiro atoms. The fourth-order valence-corrected chi connectivity index (χ4v) is 3.86. The molecule has 2 rings (SSSR count). The molecular weight excluding hydrogens is 300 g/mol. The zero-order valence-electron chi connectivity index (χ0n) is 13.4. The normalized spacial score (nSPS) is 16.8. The fraction of sp³-hybridized carbons (Fsp3) is 0.562. The van der Waals surface area contributed by atoms with Crippen LogP contribution in [0.1, 0.15) is 49.0 Å².